The third-order valence-corrected chi connectivity index (χ3v) is 4.08. The number of hydrogen-bond donors (Lipinski definition) is 1. The van der Waals surface area contributed by atoms with Crippen molar-refractivity contribution in [3.8, 4) is 5.75 Å². The summed E-state index contributed by atoms with van der Waals surface area (Å²) >= 11 is 0. The van der Waals surface area contributed by atoms with Gasteiger partial charge in [-0.2, -0.15) is 5.11 Å². The molecule has 0 saturated heterocycles. The fourth-order valence-electron chi connectivity index (χ4n) is 2.78. The van der Waals surface area contributed by atoms with Crippen molar-refractivity contribution >= 4 is 23.1 Å². The van der Waals surface area contributed by atoms with Crippen LogP contribution in [0.2, 0.25) is 0 Å². The van der Waals surface area contributed by atoms with Gasteiger partial charge in [-0.05, 0) is 23.8 Å². The molecule has 7 heteroatoms. The van der Waals surface area contributed by atoms with Crippen molar-refractivity contribution in [2.75, 3.05) is 12.4 Å². The molecule has 2 aromatic rings. The van der Waals surface area contributed by atoms with Gasteiger partial charge in [0.15, 0.2) is 11.5 Å². The van der Waals surface area contributed by atoms with Gasteiger partial charge in [-0.15, -0.1) is 15.3 Å². The van der Waals surface area contributed by atoms with Crippen molar-refractivity contribution in [2.24, 2.45) is 20.4 Å². The summed E-state index contributed by atoms with van der Waals surface area (Å²) in [5.74, 6) is 0.868. The molecule has 4 rings (SSSR count). The number of methoxy groups -OCH3 is 1. The van der Waals surface area contributed by atoms with E-state index in [0.29, 0.717) is 29.3 Å². The number of nitrogens with one attached hydrogen (secondary N) is 1. The monoisotopic (exact) mass is 333 g/mol. The van der Waals surface area contributed by atoms with Crippen molar-refractivity contribution in [3.05, 3.63) is 59.7 Å². The Morgan fingerprint density at radius 1 is 1.16 bits per heavy atom. The summed E-state index contributed by atoms with van der Waals surface area (Å²) in [5, 5.41) is 19.3. The number of azo groups is 1. The van der Waals surface area contributed by atoms with E-state index < -0.39 is 0 Å². The molecule has 7 nitrogen and oxygen atoms in total. The van der Waals surface area contributed by atoms with Crippen LogP contribution in [0.25, 0.3) is 0 Å². The number of carbonyl (C=O) groups excluding carboxylic acids is 1. The van der Waals surface area contributed by atoms with Crippen LogP contribution in [0.15, 0.2) is 69.0 Å². The molecule has 2 aliphatic rings. The average Bonchev–Trinajstić information content (AvgIpc) is 3.24. The molecule has 0 aromatic heterocycles. The molecule has 124 valence electrons. The summed E-state index contributed by atoms with van der Waals surface area (Å²) in [6.07, 6.45) is 0.563. The van der Waals surface area contributed by atoms with E-state index in [4.69, 9.17) is 4.74 Å². The number of rotatable bonds is 3. The lowest BCUT2D eigenvalue weighted by atomic mass is 10.1. The highest BCUT2D eigenvalue weighted by Crippen LogP contribution is 2.29. The third kappa shape index (κ3) is 2.91. The summed E-state index contributed by atoms with van der Waals surface area (Å²) in [6, 6.07) is 15.2. The maximum absolute atomic E-state index is 12.1. The zero-order valence-corrected chi connectivity index (χ0v) is 13.5. The minimum Gasteiger partial charge on any atom is -0.497 e. The zero-order valence-electron chi connectivity index (χ0n) is 13.5. The Morgan fingerprint density at radius 3 is 2.80 bits per heavy atom. The molecule has 0 bridgehead atoms. The molecule has 1 N–H and O–H groups in total. The van der Waals surface area contributed by atoms with Crippen LogP contribution in [-0.4, -0.2) is 24.6 Å². The molecule has 25 heavy (non-hydrogen) atoms. The van der Waals surface area contributed by atoms with Gasteiger partial charge < -0.3 is 10.1 Å². The van der Waals surface area contributed by atoms with Crippen LogP contribution in [0.3, 0.4) is 0 Å². The Kier molecular flexibility index (Phi) is 3.81. The van der Waals surface area contributed by atoms with Crippen LogP contribution in [-0.2, 0) is 4.79 Å². The highest BCUT2D eigenvalue weighted by Gasteiger charge is 2.27. The van der Waals surface area contributed by atoms with Gasteiger partial charge in [0.1, 0.15) is 11.8 Å². The molecule has 1 amide bonds. The SMILES string of the molecule is COc1ccc2c(c1)/C(=N\N=C1/CC(c3ccccc3)N=N1)C(=O)N2. The average molecular weight is 333 g/mol. The highest BCUT2D eigenvalue weighted by molar-refractivity contribution is 6.53. The van der Waals surface area contributed by atoms with E-state index in [9.17, 15) is 4.79 Å². The molecular formula is C18H15N5O2. The smallest absolute Gasteiger partial charge is 0.276 e. The number of anilines is 1. The molecule has 1 atom stereocenters. The van der Waals surface area contributed by atoms with Crippen molar-refractivity contribution < 1.29 is 9.53 Å². The molecule has 2 heterocycles. The van der Waals surface area contributed by atoms with E-state index in [1.165, 1.54) is 0 Å². The molecule has 0 fully saturated rings. The van der Waals surface area contributed by atoms with Crippen LogP contribution >= 0.6 is 0 Å². The van der Waals surface area contributed by atoms with Crippen LogP contribution in [0.1, 0.15) is 23.6 Å². The van der Waals surface area contributed by atoms with Gasteiger partial charge in [-0.25, -0.2) is 0 Å². The van der Waals surface area contributed by atoms with Crippen molar-refractivity contribution in [2.45, 2.75) is 12.5 Å². The minimum absolute atomic E-state index is 0.0510. The number of ether oxygens (including phenoxy) is 1. The Hall–Kier alpha value is -3.35. The molecule has 0 saturated carbocycles. The number of nitrogens with zero attached hydrogens (tertiary/aromatic N) is 4. The molecular weight excluding hydrogens is 318 g/mol. The first-order chi connectivity index (χ1) is 12.2. The lowest BCUT2D eigenvalue weighted by Crippen LogP contribution is -2.14. The first kappa shape index (κ1) is 15.2. The van der Waals surface area contributed by atoms with Gasteiger partial charge in [0.25, 0.3) is 5.91 Å². The van der Waals surface area contributed by atoms with Crippen LogP contribution in [0.5, 0.6) is 5.75 Å². The summed E-state index contributed by atoms with van der Waals surface area (Å²) in [6.45, 7) is 0. The van der Waals surface area contributed by atoms with Gasteiger partial charge in [0.2, 0.25) is 0 Å². The van der Waals surface area contributed by atoms with Gasteiger partial charge in [0, 0.05) is 12.0 Å². The third-order valence-electron chi connectivity index (χ3n) is 4.08. The number of benzene rings is 2. The van der Waals surface area contributed by atoms with Crippen LogP contribution in [0, 0.1) is 0 Å². The lowest BCUT2D eigenvalue weighted by Gasteiger charge is -2.03. The zero-order chi connectivity index (χ0) is 17.2. The number of hydrogen-bond acceptors (Lipinski definition) is 5. The molecule has 2 aliphatic heterocycles. The Morgan fingerprint density at radius 2 is 2.00 bits per heavy atom. The van der Waals surface area contributed by atoms with Crippen molar-refractivity contribution in [3.63, 3.8) is 0 Å². The largest absolute Gasteiger partial charge is 0.497 e. The maximum Gasteiger partial charge on any atom is 0.276 e. The topological polar surface area (TPSA) is 87.8 Å². The van der Waals surface area contributed by atoms with E-state index in [-0.39, 0.29) is 17.7 Å². The summed E-state index contributed by atoms with van der Waals surface area (Å²) in [7, 11) is 1.58. The maximum atomic E-state index is 12.1. The fourth-order valence-corrected chi connectivity index (χ4v) is 2.78. The fraction of sp³-hybridized carbons (Fsp3) is 0.167. The van der Waals surface area contributed by atoms with Gasteiger partial charge in [-0.3, -0.25) is 4.79 Å². The summed E-state index contributed by atoms with van der Waals surface area (Å²) < 4.78 is 5.20. The van der Waals surface area contributed by atoms with Gasteiger partial charge >= 0.3 is 0 Å². The second-order valence-electron chi connectivity index (χ2n) is 5.68. The Balaban J connectivity index is 1.58. The standard InChI is InChI=1S/C18H15N5O2/c1-25-12-7-8-14-13(9-12)17(18(24)19-14)23-22-16-10-15(20-21-16)11-5-3-2-4-6-11/h2-9,15H,10H2,1H3,(H,19,23,24)/b22-16+. The second-order valence-corrected chi connectivity index (χ2v) is 5.68. The van der Waals surface area contributed by atoms with Crippen LogP contribution in [0.4, 0.5) is 5.69 Å². The molecule has 1 unspecified atom stereocenters. The van der Waals surface area contributed by atoms with E-state index in [0.717, 1.165) is 5.56 Å². The first-order valence-electron chi connectivity index (χ1n) is 7.84. The summed E-state index contributed by atoms with van der Waals surface area (Å²) in [5.41, 5.74) is 2.70. The predicted octanol–water partition coefficient (Wildman–Crippen LogP) is 3.35. The minimum atomic E-state index is -0.290. The molecule has 0 radical (unpaired) electrons. The van der Waals surface area contributed by atoms with Crippen molar-refractivity contribution in [1.29, 1.82) is 0 Å². The quantitative estimate of drug-likeness (QED) is 0.873. The van der Waals surface area contributed by atoms with Crippen molar-refractivity contribution in [1.82, 2.24) is 0 Å². The number of amidine groups is 1. The lowest BCUT2D eigenvalue weighted by molar-refractivity contribution is -0.110. The van der Waals surface area contributed by atoms with Crippen LogP contribution < -0.4 is 10.1 Å². The number of fused-ring (bicyclic) bond motifs is 1. The van der Waals surface area contributed by atoms with E-state index in [1.807, 2.05) is 30.3 Å². The number of carbonyl (C=O) groups is 1. The van der Waals surface area contributed by atoms with Gasteiger partial charge in [-0.1, -0.05) is 30.3 Å². The highest BCUT2D eigenvalue weighted by atomic mass is 16.5. The van der Waals surface area contributed by atoms with E-state index in [1.54, 1.807) is 25.3 Å². The Labute approximate surface area is 144 Å². The second kappa shape index (κ2) is 6.27. The Bertz CT molecular complexity index is 918. The molecule has 0 aliphatic carbocycles. The molecule has 2 aromatic carbocycles. The normalized spacial score (nSPS) is 21.6. The summed E-state index contributed by atoms with van der Waals surface area (Å²) in [4.78, 5) is 12.1. The van der Waals surface area contributed by atoms with E-state index in [2.05, 4.69) is 25.7 Å². The molecule has 0 spiro atoms. The predicted molar refractivity (Wildman–Crippen MR) is 94.3 cm³/mol. The van der Waals surface area contributed by atoms with Gasteiger partial charge in [0.05, 0.1) is 12.8 Å². The first-order valence-corrected chi connectivity index (χ1v) is 7.84. The number of amides is 1. The van der Waals surface area contributed by atoms with E-state index >= 15 is 0 Å².